The number of aliphatic imine (C=N–C) groups is 1. The monoisotopic (exact) mass is 394 g/mol. The van der Waals surface area contributed by atoms with Crippen LogP contribution in [-0.2, 0) is 4.79 Å². The Balaban J connectivity index is 0.00000392. The van der Waals surface area contributed by atoms with Crippen LogP contribution in [0.1, 0.15) is 57.9 Å². The second-order valence-electron chi connectivity index (χ2n) is 6.30. The molecule has 0 aliphatic heterocycles. The van der Waals surface area contributed by atoms with Gasteiger partial charge in [0.25, 0.3) is 0 Å². The van der Waals surface area contributed by atoms with Gasteiger partial charge in [-0.3, -0.25) is 14.8 Å². The Morgan fingerprint density at radius 1 is 1.18 bits per heavy atom. The normalized spacial score (nSPS) is 12.1. The molecule has 1 aromatic carbocycles. The largest absolute Gasteiger partial charge is 0.287 e. The highest BCUT2D eigenvalue weighted by Gasteiger charge is 2.05. The molecular formula is C24H30N2OS. The lowest BCUT2D eigenvalue weighted by Gasteiger charge is -2.05. The summed E-state index contributed by atoms with van der Waals surface area (Å²) in [6.07, 6.45) is 9.25. The van der Waals surface area contributed by atoms with Gasteiger partial charge in [0, 0.05) is 35.0 Å². The number of carbonyl (C=O) groups excluding carboxylic acids is 1. The van der Waals surface area contributed by atoms with Gasteiger partial charge >= 0.3 is 0 Å². The average Bonchev–Trinajstić information content (AvgIpc) is 2.67. The fraction of sp³-hybridized carbons (Fsp3) is 0.292. The summed E-state index contributed by atoms with van der Waals surface area (Å²) >= 11 is 1.30. The van der Waals surface area contributed by atoms with Crippen LogP contribution in [0.4, 0.5) is 0 Å². The molecule has 2 rings (SSSR count). The lowest BCUT2D eigenvalue weighted by atomic mass is 10.1. The molecule has 0 N–H and O–H groups in total. The number of hydrogen-bond donors (Lipinski definition) is 0. The Morgan fingerprint density at radius 2 is 1.89 bits per heavy atom. The highest BCUT2D eigenvalue weighted by molar-refractivity contribution is 8.13. The molecule has 0 aliphatic rings. The average molecular weight is 395 g/mol. The number of hydrogen-bond acceptors (Lipinski definition) is 4. The maximum Gasteiger partial charge on any atom is 0.193 e. The van der Waals surface area contributed by atoms with Gasteiger partial charge in [0.15, 0.2) is 5.12 Å². The summed E-state index contributed by atoms with van der Waals surface area (Å²) in [7, 11) is 0. The summed E-state index contributed by atoms with van der Waals surface area (Å²) in [6, 6.07) is 12.0. The maximum atomic E-state index is 11.8. The van der Waals surface area contributed by atoms with E-state index in [2.05, 4.69) is 9.98 Å². The smallest absolute Gasteiger partial charge is 0.193 e. The van der Waals surface area contributed by atoms with Gasteiger partial charge in [-0.05, 0) is 68.7 Å². The number of carbonyl (C=O) groups is 1. The Bertz CT molecular complexity index is 847. The summed E-state index contributed by atoms with van der Waals surface area (Å²) in [5, 5.41) is 0.207. The molecule has 0 saturated heterocycles. The molecule has 4 heteroatoms. The van der Waals surface area contributed by atoms with Crippen LogP contribution < -0.4 is 0 Å². The standard InChI is InChI=1S/C23H26N2OS.CH4/c1-5-7-23(26)27-21-12-9-19(10-13-21)14-22(25-15-17(3)6-2)20-11-8-18(4)24-16-20;/h6,8-16H,5,7H2,1-4H3;1H4/b17-6-,22-14+,25-15+;. The van der Waals surface area contributed by atoms with Crippen molar-refractivity contribution >= 4 is 34.9 Å². The molecule has 28 heavy (non-hydrogen) atoms. The van der Waals surface area contributed by atoms with Crippen molar-refractivity contribution < 1.29 is 4.79 Å². The minimum atomic E-state index is 0. The number of aryl methyl sites for hydroxylation is 1. The van der Waals surface area contributed by atoms with E-state index in [0.29, 0.717) is 6.42 Å². The minimum Gasteiger partial charge on any atom is -0.287 e. The molecule has 0 radical (unpaired) electrons. The van der Waals surface area contributed by atoms with Crippen molar-refractivity contribution in [3.63, 3.8) is 0 Å². The lowest BCUT2D eigenvalue weighted by molar-refractivity contribution is -0.111. The Hall–Kier alpha value is -2.46. The molecule has 0 amide bonds. The third-order valence-corrected chi connectivity index (χ3v) is 4.88. The van der Waals surface area contributed by atoms with Gasteiger partial charge < -0.3 is 0 Å². The summed E-state index contributed by atoms with van der Waals surface area (Å²) < 4.78 is 0. The first-order chi connectivity index (χ1) is 13.0. The molecule has 3 nitrogen and oxygen atoms in total. The number of benzene rings is 1. The molecule has 0 fully saturated rings. The Kier molecular flexibility index (Phi) is 10.2. The second kappa shape index (κ2) is 12.1. The number of rotatable bonds is 7. The Morgan fingerprint density at radius 3 is 2.46 bits per heavy atom. The number of nitrogens with zero attached hydrogens (tertiary/aromatic N) is 2. The van der Waals surface area contributed by atoms with Gasteiger partial charge in [-0.15, -0.1) is 0 Å². The van der Waals surface area contributed by atoms with Crippen molar-refractivity contribution in [1.29, 1.82) is 0 Å². The molecule has 0 atom stereocenters. The third kappa shape index (κ3) is 7.65. The van der Waals surface area contributed by atoms with E-state index in [4.69, 9.17) is 0 Å². The van der Waals surface area contributed by atoms with Crippen molar-refractivity contribution in [2.24, 2.45) is 4.99 Å². The lowest BCUT2D eigenvalue weighted by Crippen LogP contribution is -1.90. The minimum absolute atomic E-state index is 0. The van der Waals surface area contributed by atoms with Crippen LogP contribution in [0.15, 0.2) is 64.1 Å². The highest BCUT2D eigenvalue weighted by atomic mass is 32.2. The van der Waals surface area contributed by atoms with Gasteiger partial charge in [-0.25, -0.2) is 0 Å². The predicted molar refractivity (Wildman–Crippen MR) is 124 cm³/mol. The first kappa shape index (κ1) is 23.6. The van der Waals surface area contributed by atoms with E-state index >= 15 is 0 Å². The van der Waals surface area contributed by atoms with Gasteiger partial charge in [-0.1, -0.05) is 44.3 Å². The number of aromatic nitrogens is 1. The van der Waals surface area contributed by atoms with E-state index in [-0.39, 0.29) is 12.5 Å². The van der Waals surface area contributed by atoms with Crippen LogP contribution in [0, 0.1) is 6.92 Å². The van der Waals surface area contributed by atoms with Crippen molar-refractivity contribution in [2.45, 2.75) is 52.9 Å². The molecule has 0 bridgehead atoms. The highest BCUT2D eigenvalue weighted by Crippen LogP contribution is 2.24. The fourth-order valence-corrected chi connectivity index (χ4v) is 3.08. The van der Waals surface area contributed by atoms with Crippen LogP contribution in [-0.4, -0.2) is 16.3 Å². The summed E-state index contributed by atoms with van der Waals surface area (Å²) in [5.41, 5.74) is 4.93. The molecule has 0 spiro atoms. The SMILES string of the molecule is C.C\C=C(C)/C=N/C(=C/c1ccc(SC(=O)CCC)cc1)c1ccc(C)nc1. The zero-order valence-electron chi connectivity index (χ0n) is 16.4. The number of thioether (sulfide) groups is 1. The first-order valence-corrected chi connectivity index (χ1v) is 9.96. The molecule has 2 aromatic rings. The zero-order valence-corrected chi connectivity index (χ0v) is 17.2. The van der Waals surface area contributed by atoms with Gasteiger partial charge in [0.1, 0.15) is 0 Å². The number of pyridine rings is 1. The van der Waals surface area contributed by atoms with E-state index < -0.39 is 0 Å². The van der Waals surface area contributed by atoms with Crippen LogP contribution >= 0.6 is 11.8 Å². The molecular weight excluding hydrogens is 364 g/mol. The molecule has 1 aromatic heterocycles. The van der Waals surface area contributed by atoms with Gasteiger partial charge in [-0.2, -0.15) is 0 Å². The quantitative estimate of drug-likeness (QED) is 0.376. The third-order valence-electron chi connectivity index (χ3n) is 3.94. The summed E-state index contributed by atoms with van der Waals surface area (Å²) in [6.45, 7) is 8.00. The summed E-state index contributed by atoms with van der Waals surface area (Å²) in [5.74, 6) is 0. The van der Waals surface area contributed by atoms with Crippen molar-refractivity contribution in [1.82, 2.24) is 4.98 Å². The van der Waals surface area contributed by atoms with E-state index in [0.717, 1.165) is 39.4 Å². The molecule has 0 aliphatic carbocycles. The zero-order chi connectivity index (χ0) is 19.6. The fourth-order valence-electron chi connectivity index (χ4n) is 2.24. The van der Waals surface area contributed by atoms with E-state index in [1.165, 1.54) is 11.8 Å². The molecule has 0 unspecified atom stereocenters. The predicted octanol–water partition coefficient (Wildman–Crippen LogP) is 6.98. The number of allylic oxidation sites excluding steroid dienone is 2. The molecule has 0 saturated carbocycles. The van der Waals surface area contributed by atoms with Crippen molar-refractivity contribution in [2.75, 3.05) is 0 Å². The van der Waals surface area contributed by atoms with E-state index in [1.807, 2.05) is 88.7 Å². The topological polar surface area (TPSA) is 42.3 Å². The maximum absolute atomic E-state index is 11.8. The van der Waals surface area contributed by atoms with E-state index in [1.54, 1.807) is 0 Å². The molecule has 148 valence electrons. The van der Waals surface area contributed by atoms with Gasteiger partial charge in [0.2, 0.25) is 0 Å². The van der Waals surface area contributed by atoms with Crippen LogP contribution in [0.25, 0.3) is 11.8 Å². The van der Waals surface area contributed by atoms with Crippen LogP contribution in [0.5, 0.6) is 0 Å². The molecule has 1 heterocycles. The first-order valence-electron chi connectivity index (χ1n) is 9.14. The summed E-state index contributed by atoms with van der Waals surface area (Å²) in [4.78, 5) is 21.8. The van der Waals surface area contributed by atoms with Gasteiger partial charge in [0.05, 0.1) is 5.70 Å². The van der Waals surface area contributed by atoms with Crippen LogP contribution in [0.3, 0.4) is 0 Å². The van der Waals surface area contributed by atoms with Crippen LogP contribution in [0.2, 0.25) is 0 Å². The van der Waals surface area contributed by atoms with Crippen molar-refractivity contribution in [3.05, 3.63) is 71.1 Å². The Labute approximate surface area is 173 Å². The second-order valence-corrected chi connectivity index (χ2v) is 7.43. The van der Waals surface area contributed by atoms with E-state index in [9.17, 15) is 4.79 Å². The van der Waals surface area contributed by atoms with Crippen molar-refractivity contribution in [3.8, 4) is 0 Å².